The summed E-state index contributed by atoms with van der Waals surface area (Å²) < 4.78 is 48.2. The number of halogens is 3. The first-order chi connectivity index (χ1) is 12.8. The summed E-state index contributed by atoms with van der Waals surface area (Å²) in [6.07, 6.45) is -4.42. The van der Waals surface area contributed by atoms with Crippen molar-refractivity contribution in [1.29, 1.82) is 0 Å². The number of aryl methyl sites for hydroxylation is 1. The van der Waals surface area contributed by atoms with Crippen LogP contribution in [0, 0.1) is 18.8 Å². The van der Waals surface area contributed by atoms with Crippen molar-refractivity contribution in [2.24, 2.45) is 0 Å². The van der Waals surface area contributed by atoms with Crippen LogP contribution in [0.1, 0.15) is 11.1 Å². The fraction of sp³-hybridized carbons (Fsp3) is 0.250. The van der Waals surface area contributed by atoms with Crippen molar-refractivity contribution in [3.8, 4) is 23.3 Å². The van der Waals surface area contributed by atoms with E-state index in [-0.39, 0.29) is 31.4 Å². The normalized spacial score (nSPS) is 10.5. The number of carbonyl (C=O) groups excluding carboxylic acids is 1. The second kappa shape index (κ2) is 9.53. The zero-order valence-corrected chi connectivity index (χ0v) is 14.6. The number of amides is 1. The Bertz CT molecular complexity index is 821. The summed E-state index contributed by atoms with van der Waals surface area (Å²) in [5, 5.41) is 2.55. The van der Waals surface area contributed by atoms with Crippen LogP contribution in [-0.4, -0.2) is 25.7 Å². The molecule has 0 saturated heterocycles. The van der Waals surface area contributed by atoms with Crippen molar-refractivity contribution in [2.45, 2.75) is 13.1 Å². The van der Waals surface area contributed by atoms with Gasteiger partial charge in [0.25, 0.3) is 5.91 Å². The maximum Gasteiger partial charge on any atom is 0.416 e. The number of nitrogens with one attached hydrogen (secondary N) is 1. The predicted molar refractivity (Wildman–Crippen MR) is 94.4 cm³/mol. The number of alkyl halides is 3. The van der Waals surface area contributed by atoms with Gasteiger partial charge in [0.1, 0.15) is 18.1 Å². The molecule has 0 unspecified atom stereocenters. The van der Waals surface area contributed by atoms with E-state index in [1.54, 1.807) is 12.1 Å². The van der Waals surface area contributed by atoms with Gasteiger partial charge in [0.15, 0.2) is 6.61 Å². The number of carbonyl (C=O) groups is 1. The van der Waals surface area contributed by atoms with Crippen molar-refractivity contribution in [2.75, 3.05) is 19.8 Å². The zero-order chi connectivity index (χ0) is 19.7. The lowest BCUT2D eigenvalue weighted by molar-refractivity contribution is -0.137. The second-order valence-corrected chi connectivity index (χ2v) is 5.55. The fourth-order valence-electron chi connectivity index (χ4n) is 1.97. The van der Waals surface area contributed by atoms with E-state index in [1.165, 1.54) is 12.1 Å². The molecule has 0 saturated carbocycles. The maximum atomic E-state index is 12.6. The molecule has 7 heteroatoms. The third kappa shape index (κ3) is 7.32. The molecule has 0 heterocycles. The maximum absolute atomic E-state index is 12.6. The second-order valence-electron chi connectivity index (χ2n) is 5.55. The van der Waals surface area contributed by atoms with Crippen molar-refractivity contribution in [1.82, 2.24) is 5.32 Å². The molecule has 0 spiro atoms. The van der Waals surface area contributed by atoms with E-state index in [2.05, 4.69) is 17.2 Å². The molecule has 2 rings (SSSR count). The van der Waals surface area contributed by atoms with Crippen LogP contribution >= 0.6 is 0 Å². The lowest BCUT2D eigenvalue weighted by atomic mass is 10.2. The third-order valence-electron chi connectivity index (χ3n) is 3.36. The molecular formula is C20H18F3NO3. The third-order valence-corrected chi connectivity index (χ3v) is 3.36. The molecule has 142 valence electrons. The molecule has 1 N–H and O–H groups in total. The van der Waals surface area contributed by atoms with Gasteiger partial charge in [-0.2, -0.15) is 13.2 Å². The Kier molecular flexibility index (Phi) is 7.12. The van der Waals surface area contributed by atoms with Gasteiger partial charge in [-0.25, -0.2) is 0 Å². The van der Waals surface area contributed by atoms with Gasteiger partial charge in [0.05, 0.1) is 12.1 Å². The first kappa shape index (κ1) is 20.2. The van der Waals surface area contributed by atoms with Crippen molar-refractivity contribution < 1.29 is 27.4 Å². The average Bonchev–Trinajstić information content (AvgIpc) is 2.63. The lowest BCUT2D eigenvalue weighted by Gasteiger charge is -2.08. The van der Waals surface area contributed by atoms with Crippen molar-refractivity contribution in [3.05, 3.63) is 59.7 Å². The molecule has 1 amide bonds. The summed E-state index contributed by atoms with van der Waals surface area (Å²) in [6, 6.07) is 11.9. The molecule has 0 fully saturated rings. The highest BCUT2D eigenvalue weighted by molar-refractivity contribution is 5.77. The monoisotopic (exact) mass is 377 g/mol. The summed E-state index contributed by atoms with van der Waals surface area (Å²) in [7, 11) is 0. The molecule has 27 heavy (non-hydrogen) atoms. The molecule has 0 atom stereocenters. The Morgan fingerprint density at radius 3 is 2.48 bits per heavy atom. The summed E-state index contributed by atoms with van der Waals surface area (Å²) in [5.74, 6) is 5.61. The van der Waals surface area contributed by atoms with Gasteiger partial charge >= 0.3 is 6.18 Å². The van der Waals surface area contributed by atoms with Gasteiger partial charge in [0, 0.05) is 0 Å². The minimum absolute atomic E-state index is 0.0784. The highest BCUT2D eigenvalue weighted by Crippen LogP contribution is 2.31. The molecular weight excluding hydrogens is 359 g/mol. The Morgan fingerprint density at radius 2 is 1.78 bits per heavy atom. The van der Waals surface area contributed by atoms with Crippen molar-refractivity contribution >= 4 is 5.91 Å². The molecule has 0 aliphatic rings. The standard InChI is InChI=1S/C20H18F3NO3/c1-15-7-9-17(10-8-15)27-14-19(25)24-11-2-3-12-26-18-6-4-5-16(13-18)20(21,22)23/h4-10,13H,11-12,14H2,1H3,(H,24,25). The molecule has 2 aromatic carbocycles. The Morgan fingerprint density at radius 1 is 1.04 bits per heavy atom. The average molecular weight is 377 g/mol. The predicted octanol–water partition coefficient (Wildman–Crippen LogP) is 3.59. The molecule has 4 nitrogen and oxygen atoms in total. The van der Waals surface area contributed by atoms with Gasteiger partial charge in [-0.3, -0.25) is 4.79 Å². The van der Waals surface area contributed by atoms with E-state index in [4.69, 9.17) is 9.47 Å². The molecule has 0 radical (unpaired) electrons. The summed E-state index contributed by atoms with van der Waals surface area (Å²) in [5.41, 5.74) is 0.309. The van der Waals surface area contributed by atoms with Crippen LogP contribution < -0.4 is 14.8 Å². The number of ether oxygens (including phenoxy) is 2. The van der Waals surface area contributed by atoms with Gasteiger partial charge in [-0.05, 0) is 37.3 Å². The van der Waals surface area contributed by atoms with Crippen LogP contribution in [0.5, 0.6) is 11.5 Å². The Balaban J connectivity index is 1.67. The highest BCUT2D eigenvalue weighted by Gasteiger charge is 2.30. The van der Waals surface area contributed by atoms with E-state index in [9.17, 15) is 18.0 Å². The van der Waals surface area contributed by atoms with Crippen LogP contribution in [-0.2, 0) is 11.0 Å². The topological polar surface area (TPSA) is 47.6 Å². The van der Waals surface area contributed by atoms with Crippen LogP contribution in [0.4, 0.5) is 13.2 Å². The van der Waals surface area contributed by atoms with E-state index < -0.39 is 11.7 Å². The zero-order valence-electron chi connectivity index (χ0n) is 14.6. The highest BCUT2D eigenvalue weighted by atomic mass is 19.4. The molecule has 0 aliphatic heterocycles. The van der Waals surface area contributed by atoms with Crippen LogP contribution in [0.25, 0.3) is 0 Å². The minimum atomic E-state index is -4.42. The molecule has 0 aromatic heterocycles. The molecule has 2 aromatic rings. The van der Waals surface area contributed by atoms with Gasteiger partial charge in [-0.15, -0.1) is 0 Å². The largest absolute Gasteiger partial charge is 0.484 e. The van der Waals surface area contributed by atoms with E-state index in [0.29, 0.717) is 5.75 Å². The number of hydrogen-bond donors (Lipinski definition) is 1. The first-order valence-corrected chi connectivity index (χ1v) is 8.06. The Hall–Kier alpha value is -3.14. The first-order valence-electron chi connectivity index (χ1n) is 8.06. The van der Waals surface area contributed by atoms with Gasteiger partial charge in [0.2, 0.25) is 0 Å². The molecule has 0 aliphatic carbocycles. The molecule has 0 bridgehead atoms. The Labute approximate surface area is 155 Å². The van der Waals surface area contributed by atoms with E-state index in [0.717, 1.165) is 17.7 Å². The van der Waals surface area contributed by atoms with Crippen LogP contribution in [0.2, 0.25) is 0 Å². The van der Waals surface area contributed by atoms with Crippen molar-refractivity contribution in [3.63, 3.8) is 0 Å². The summed E-state index contributed by atoms with van der Waals surface area (Å²) in [4.78, 5) is 11.6. The summed E-state index contributed by atoms with van der Waals surface area (Å²) in [6.45, 7) is 1.82. The van der Waals surface area contributed by atoms with Gasteiger partial charge < -0.3 is 14.8 Å². The minimum Gasteiger partial charge on any atom is -0.484 e. The van der Waals surface area contributed by atoms with Gasteiger partial charge in [-0.1, -0.05) is 35.6 Å². The SMILES string of the molecule is Cc1ccc(OCC(=O)NCC#CCOc2cccc(C(F)(F)F)c2)cc1. The quantitative estimate of drug-likeness (QED) is 0.783. The fourth-order valence-corrected chi connectivity index (χ4v) is 1.97. The van der Waals surface area contributed by atoms with E-state index in [1.807, 2.05) is 19.1 Å². The van der Waals surface area contributed by atoms with Crippen LogP contribution in [0.15, 0.2) is 48.5 Å². The number of benzene rings is 2. The summed E-state index contributed by atoms with van der Waals surface area (Å²) >= 11 is 0. The lowest BCUT2D eigenvalue weighted by Crippen LogP contribution is -2.29. The van der Waals surface area contributed by atoms with Crippen LogP contribution in [0.3, 0.4) is 0 Å². The smallest absolute Gasteiger partial charge is 0.416 e. The number of rotatable bonds is 6. The number of hydrogen-bond acceptors (Lipinski definition) is 3. The van der Waals surface area contributed by atoms with E-state index >= 15 is 0 Å².